The van der Waals surface area contributed by atoms with Crippen LogP contribution in [0, 0.1) is 23.2 Å². The number of aromatic hydroxyl groups is 1. The quantitative estimate of drug-likeness (QED) is 0.795. The zero-order chi connectivity index (χ0) is 18.3. The molecule has 4 aliphatic carbocycles. The topological polar surface area (TPSA) is 75.6 Å². The summed E-state index contributed by atoms with van der Waals surface area (Å²) < 4.78 is 4.93. The molecule has 1 atom stereocenters. The van der Waals surface area contributed by atoms with Gasteiger partial charge in [0.25, 0.3) is 0 Å². The molecule has 140 valence electrons. The van der Waals surface area contributed by atoms with Crippen LogP contribution < -0.4 is 5.32 Å². The predicted molar refractivity (Wildman–Crippen MR) is 96.4 cm³/mol. The maximum atomic E-state index is 13.2. The molecular formula is C21H27NO4. The van der Waals surface area contributed by atoms with Gasteiger partial charge in [-0.25, -0.2) is 4.79 Å². The molecule has 2 N–H and O–H groups in total. The highest BCUT2D eigenvalue weighted by Crippen LogP contribution is 2.60. The smallest absolute Gasteiger partial charge is 0.328 e. The van der Waals surface area contributed by atoms with Crippen LogP contribution in [0.3, 0.4) is 0 Å². The van der Waals surface area contributed by atoms with E-state index in [2.05, 4.69) is 5.32 Å². The summed E-state index contributed by atoms with van der Waals surface area (Å²) in [5, 5.41) is 12.4. The van der Waals surface area contributed by atoms with Crippen molar-refractivity contribution in [1.29, 1.82) is 0 Å². The molecule has 0 aliphatic heterocycles. The monoisotopic (exact) mass is 357 g/mol. The van der Waals surface area contributed by atoms with Crippen LogP contribution in [0.1, 0.15) is 44.1 Å². The number of phenolic OH excluding ortho intramolecular Hbond substituents is 1. The van der Waals surface area contributed by atoms with E-state index in [4.69, 9.17) is 4.74 Å². The largest absolute Gasteiger partial charge is 0.508 e. The third kappa shape index (κ3) is 3.19. The normalized spacial score (nSPS) is 32.9. The third-order valence-corrected chi connectivity index (χ3v) is 6.69. The third-order valence-electron chi connectivity index (χ3n) is 6.69. The van der Waals surface area contributed by atoms with E-state index < -0.39 is 12.0 Å². The van der Waals surface area contributed by atoms with E-state index in [1.165, 1.54) is 26.4 Å². The van der Waals surface area contributed by atoms with Crippen molar-refractivity contribution in [2.75, 3.05) is 7.11 Å². The predicted octanol–water partition coefficient (Wildman–Crippen LogP) is 2.81. The summed E-state index contributed by atoms with van der Waals surface area (Å²) in [5.41, 5.74) is 0.597. The molecule has 4 saturated carbocycles. The van der Waals surface area contributed by atoms with Crippen molar-refractivity contribution in [2.24, 2.45) is 23.2 Å². The Morgan fingerprint density at radius 2 is 1.65 bits per heavy atom. The van der Waals surface area contributed by atoms with Crippen LogP contribution in [0.5, 0.6) is 5.75 Å². The average Bonchev–Trinajstić information content (AvgIpc) is 2.61. The lowest BCUT2D eigenvalue weighted by Crippen LogP contribution is -2.56. The van der Waals surface area contributed by atoms with Gasteiger partial charge in [-0.1, -0.05) is 12.1 Å². The number of amides is 1. The van der Waals surface area contributed by atoms with E-state index in [0.717, 1.165) is 24.8 Å². The molecule has 1 aromatic carbocycles. The van der Waals surface area contributed by atoms with Gasteiger partial charge in [-0.2, -0.15) is 0 Å². The fourth-order valence-electron chi connectivity index (χ4n) is 5.90. The minimum absolute atomic E-state index is 0.0331. The summed E-state index contributed by atoms with van der Waals surface area (Å²) in [7, 11) is 1.35. The molecule has 26 heavy (non-hydrogen) atoms. The molecule has 4 fully saturated rings. The van der Waals surface area contributed by atoms with Gasteiger partial charge < -0.3 is 15.2 Å². The standard InChI is InChI=1S/C21H27NO4/c1-26-19(24)18(9-13-2-4-17(23)5-3-13)22-20(25)21-10-14-6-15(11-21)8-16(7-14)12-21/h2-5,14-16,18,23H,6-12H2,1H3,(H,22,25)/t14?,15?,16?,18-,21?/m1/s1. The summed E-state index contributed by atoms with van der Waals surface area (Å²) in [4.78, 5) is 25.5. The molecule has 1 amide bonds. The lowest BCUT2D eigenvalue weighted by atomic mass is 9.49. The van der Waals surface area contributed by atoms with Gasteiger partial charge in [0.15, 0.2) is 0 Å². The molecule has 0 radical (unpaired) electrons. The maximum absolute atomic E-state index is 13.2. The second-order valence-corrected chi connectivity index (χ2v) is 8.62. The minimum Gasteiger partial charge on any atom is -0.508 e. The van der Waals surface area contributed by atoms with Gasteiger partial charge in [0, 0.05) is 11.8 Å². The summed E-state index contributed by atoms with van der Waals surface area (Å²) in [6, 6.07) is 6.02. The van der Waals surface area contributed by atoms with E-state index in [0.29, 0.717) is 24.2 Å². The van der Waals surface area contributed by atoms with Gasteiger partial charge in [-0.05, 0) is 74.0 Å². The highest BCUT2D eigenvalue weighted by Gasteiger charge is 2.54. The Labute approximate surface area is 154 Å². The fraction of sp³-hybridized carbons (Fsp3) is 0.619. The van der Waals surface area contributed by atoms with Gasteiger partial charge in [0.2, 0.25) is 5.91 Å². The van der Waals surface area contributed by atoms with Gasteiger partial charge in [-0.15, -0.1) is 0 Å². The second kappa shape index (κ2) is 6.60. The number of nitrogens with one attached hydrogen (secondary N) is 1. The number of methoxy groups -OCH3 is 1. The molecule has 5 nitrogen and oxygen atoms in total. The summed E-state index contributed by atoms with van der Waals surface area (Å²) in [6.45, 7) is 0. The number of esters is 1. The molecule has 4 bridgehead atoms. The molecule has 5 heteroatoms. The Balaban J connectivity index is 1.49. The molecule has 0 heterocycles. The molecular weight excluding hydrogens is 330 g/mol. The second-order valence-electron chi connectivity index (χ2n) is 8.62. The highest BCUT2D eigenvalue weighted by molar-refractivity contribution is 5.88. The number of rotatable bonds is 5. The van der Waals surface area contributed by atoms with E-state index in [1.54, 1.807) is 24.3 Å². The van der Waals surface area contributed by atoms with E-state index >= 15 is 0 Å². The van der Waals surface area contributed by atoms with Crippen molar-refractivity contribution in [1.82, 2.24) is 5.32 Å². The number of benzene rings is 1. The van der Waals surface area contributed by atoms with Crippen molar-refractivity contribution in [3.8, 4) is 5.75 Å². The number of ether oxygens (including phenoxy) is 1. The van der Waals surface area contributed by atoms with Gasteiger partial charge in [-0.3, -0.25) is 4.79 Å². The van der Waals surface area contributed by atoms with Crippen molar-refractivity contribution >= 4 is 11.9 Å². The van der Waals surface area contributed by atoms with Crippen molar-refractivity contribution < 1.29 is 19.4 Å². The molecule has 1 aromatic rings. The zero-order valence-corrected chi connectivity index (χ0v) is 15.2. The van der Waals surface area contributed by atoms with Crippen LogP contribution in [-0.2, 0) is 20.7 Å². The van der Waals surface area contributed by atoms with Crippen LogP contribution >= 0.6 is 0 Å². The summed E-state index contributed by atoms with van der Waals surface area (Å²) in [5.74, 6) is 1.84. The van der Waals surface area contributed by atoms with Crippen LogP contribution in [-0.4, -0.2) is 30.1 Å². The zero-order valence-electron chi connectivity index (χ0n) is 15.2. The highest BCUT2D eigenvalue weighted by atomic mass is 16.5. The Morgan fingerprint density at radius 1 is 1.12 bits per heavy atom. The molecule has 0 unspecified atom stereocenters. The van der Waals surface area contributed by atoms with E-state index in [-0.39, 0.29) is 17.1 Å². The number of carbonyl (C=O) groups excluding carboxylic acids is 2. The lowest BCUT2D eigenvalue weighted by Gasteiger charge is -2.55. The lowest BCUT2D eigenvalue weighted by molar-refractivity contribution is -0.152. The maximum Gasteiger partial charge on any atom is 0.328 e. The fourth-order valence-corrected chi connectivity index (χ4v) is 5.90. The van der Waals surface area contributed by atoms with E-state index in [9.17, 15) is 14.7 Å². The summed E-state index contributed by atoms with van der Waals surface area (Å²) in [6.07, 6.45) is 7.11. The van der Waals surface area contributed by atoms with Crippen molar-refractivity contribution in [3.05, 3.63) is 29.8 Å². The Morgan fingerprint density at radius 3 is 2.15 bits per heavy atom. The Bertz CT molecular complexity index is 661. The van der Waals surface area contributed by atoms with Crippen LogP contribution in [0.15, 0.2) is 24.3 Å². The van der Waals surface area contributed by atoms with Crippen molar-refractivity contribution in [2.45, 2.75) is 51.0 Å². The number of hydrogen-bond acceptors (Lipinski definition) is 4. The first-order valence-electron chi connectivity index (χ1n) is 9.64. The van der Waals surface area contributed by atoms with Crippen LogP contribution in [0.4, 0.5) is 0 Å². The van der Waals surface area contributed by atoms with Gasteiger partial charge >= 0.3 is 5.97 Å². The molecule has 0 spiro atoms. The summed E-state index contributed by atoms with van der Waals surface area (Å²) >= 11 is 0. The Kier molecular flexibility index (Phi) is 4.41. The number of hydrogen-bond donors (Lipinski definition) is 2. The van der Waals surface area contributed by atoms with Crippen LogP contribution in [0.2, 0.25) is 0 Å². The SMILES string of the molecule is COC(=O)[C@@H](Cc1ccc(O)cc1)NC(=O)C12CC3CC(CC(C3)C1)C2. The first kappa shape index (κ1) is 17.4. The first-order chi connectivity index (χ1) is 12.5. The van der Waals surface area contributed by atoms with Crippen molar-refractivity contribution in [3.63, 3.8) is 0 Å². The van der Waals surface area contributed by atoms with Crippen LogP contribution in [0.25, 0.3) is 0 Å². The van der Waals surface area contributed by atoms with E-state index in [1.807, 2.05) is 0 Å². The molecule has 4 aliphatic rings. The van der Waals surface area contributed by atoms with Gasteiger partial charge in [0.1, 0.15) is 11.8 Å². The average molecular weight is 357 g/mol. The first-order valence-corrected chi connectivity index (χ1v) is 9.64. The number of phenols is 1. The molecule has 5 rings (SSSR count). The minimum atomic E-state index is -0.690. The molecule has 0 saturated heterocycles. The Hall–Kier alpha value is -2.04. The van der Waals surface area contributed by atoms with Gasteiger partial charge in [0.05, 0.1) is 7.11 Å². The molecule has 0 aromatic heterocycles. The number of carbonyl (C=O) groups is 2.